The Labute approximate surface area is 212 Å². The maximum Gasteiger partial charge on any atom is 0.408 e. The summed E-state index contributed by atoms with van der Waals surface area (Å²) in [6, 6.07) is 9.07. The van der Waals surface area contributed by atoms with E-state index in [1.54, 1.807) is 37.3 Å². The van der Waals surface area contributed by atoms with Crippen molar-refractivity contribution in [2.45, 2.75) is 38.5 Å². The lowest BCUT2D eigenvalue weighted by Gasteiger charge is -2.33. The first-order chi connectivity index (χ1) is 16.7. The minimum Gasteiger partial charge on any atom is -0.497 e. The molecule has 0 saturated heterocycles. The van der Waals surface area contributed by atoms with Crippen LogP contribution in [0, 0.1) is 5.92 Å². The summed E-state index contributed by atoms with van der Waals surface area (Å²) in [5.41, 5.74) is 0.800. The minimum atomic E-state index is -1.33. The highest BCUT2D eigenvalue weighted by Crippen LogP contribution is 2.40. The normalized spacial score (nSPS) is 18.4. The zero-order valence-electron chi connectivity index (χ0n) is 20.1. The van der Waals surface area contributed by atoms with Crippen LogP contribution in [0.15, 0.2) is 40.9 Å². The third-order valence-corrected chi connectivity index (χ3v) is 6.54. The van der Waals surface area contributed by atoms with Crippen molar-refractivity contribution in [2.24, 2.45) is 5.92 Å². The Morgan fingerprint density at radius 2 is 1.86 bits per heavy atom. The van der Waals surface area contributed by atoms with E-state index < -0.39 is 36.1 Å². The lowest BCUT2D eigenvalue weighted by molar-refractivity contribution is -0.144. The highest BCUT2D eigenvalue weighted by molar-refractivity contribution is 9.10. The molecule has 2 aromatic rings. The van der Waals surface area contributed by atoms with Crippen molar-refractivity contribution in [3.05, 3.63) is 52.0 Å². The molecule has 0 fully saturated rings. The number of carbonyl (C=O) groups excluding carboxylic acids is 3. The Balaban J connectivity index is 1.96. The quantitative estimate of drug-likeness (QED) is 0.480. The van der Waals surface area contributed by atoms with Crippen LogP contribution in [0.25, 0.3) is 0 Å². The van der Waals surface area contributed by atoms with E-state index in [1.807, 2.05) is 6.92 Å². The number of halogens is 1. The van der Waals surface area contributed by atoms with Gasteiger partial charge in [-0.2, -0.15) is 0 Å². The zero-order chi connectivity index (χ0) is 25.7. The molecule has 9 nitrogen and oxygen atoms in total. The van der Waals surface area contributed by atoms with Gasteiger partial charge in [-0.1, -0.05) is 26.3 Å². The SMILES string of the molecule is CC[C@H](C)[C@@H](NC(=O)OC1C(=O)c2cc(OC)ccc2O[C@@H]1c1ccc(OC)c(Br)c1)C(=O)OC. The third-order valence-electron chi connectivity index (χ3n) is 5.92. The fourth-order valence-corrected chi connectivity index (χ4v) is 4.27. The maximum atomic E-state index is 13.5. The fourth-order valence-electron chi connectivity index (χ4n) is 3.71. The van der Waals surface area contributed by atoms with E-state index in [2.05, 4.69) is 21.2 Å². The van der Waals surface area contributed by atoms with Crippen LogP contribution in [0.3, 0.4) is 0 Å². The molecule has 0 bridgehead atoms. The molecule has 188 valence electrons. The molecular weight excluding hydrogens is 522 g/mol. The molecule has 4 atom stereocenters. The maximum absolute atomic E-state index is 13.5. The number of carbonyl (C=O) groups is 3. The van der Waals surface area contributed by atoms with Gasteiger partial charge in [-0.25, -0.2) is 9.59 Å². The number of esters is 1. The summed E-state index contributed by atoms with van der Waals surface area (Å²) in [5.74, 6) is 0.0955. The Kier molecular flexibility index (Phi) is 8.61. The van der Waals surface area contributed by atoms with Crippen LogP contribution in [0.2, 0.25) is 0 Å². The predicted octanol–water partition coefficient (Wildman–Crippen LogP) is 4.47. The number of ether oxygens (including phenoxy) is 5. The van der Waals surface area contributed by atoms with Crippen LogP contribution in [0.5, 0.6) is 17.2 Å². The van der Waals surface area contributed by atoms with Gasteiger partial charge in [0.1, 0.15) is 23.3 Å². The molecule has 3 rings (SSSR count). The lowest BCUT2D eigenvalue weighted by Crippen LogP contribution is -2.49. The molecule has 0 spiro atoms. The standard InChI is InChI=1S/C25H28BrNO8/c1-6-13(2)20(24(29)33-5)27-25(30)35-23-21(28)16-12-15(31-3)8-10-18(16)34-22(23)14-7-9-19(32-4)17(26)11-14/h7-13,20,22-23H,6H2,1-5H3,(H,27,30)/t13-,20+,22+,23?/m0/s1. The average molecular weight is 550 g/mol. The number of hydrogen-bond acceptors (Lipinski definition) is 8. The van der Waals surface area contributed by atoms with E-state index in [1.165, 1.54) is 27.4 Å². The van der Waals surface area contributed by atoms with Crippen molar-refractivity contribution in [1.82, 2.24) is 5.32 Å². The van der Waals surface area contributed by atoms with Crippen molar-refractivity contribution in [1.29, 1.82) is 0 Å². The summed E-state index contributed by atoms with van der Waals surface area (Å²) < 4.78 is 27.7. The number of hydrogen-bond donors (Lipinski definition) is 1. The predicted molar refractivity (Wildman–Crippen MR) is 130 cm³/mol. The first-order valence-electron chi connectivity index (χ1n) is 11.0. The number of rotatable bonds is 8. The van der Waals surface area contributed by atoms with Gasteiger partial charge in [0.15, 0.2) is 6.10 Å². The Morgan fingerprint density at radius 3 is 2.46 bits per heavy atom. The summed E-state index contributed by atoms with van der Waals surface area (Å²) in [4.78, 5) is 38.6. The highest BCUT2D eigenvalue weighted by atomic mass is 79.9. The minimum absolute atomic E-state index is 0.216. The summed E-state index contributed by atoms with van der Waals surface area (Å²) in [7, 11) is 4.26. The zero-order valence-corrected chi connectivity index (χ0v) is 21.7. The van der Waals surface area contributed by atoms with Crippen molar-refractivity contribution in [2.75, 3.05) is 21.3 Å². The first kappa shape index (κ1) is 26.3. The molecule has 1 aliphatic rings. The van der Waals surface area contributed by atoms with E-state index >= 15 is 0 Å². The number of fused-ring (bicyclic) bond motifs is 1. The van der Waals surface area contributed by atoms with Crippen molar-refractivity contribution in [3.8, 4) is 17.2 Å². The molecule has 1 amide bonds. The highest BCUT2D eigenvalue weighted by Gasteiger charge is 2.42. The van der Waals surface area contributed by atoms with E-state index in [0.29, 0.717) is 33.7 Å². The van der Waals surface area contributed by atoms with E-state index in [4.69, 9.17) is 23.7 Å². The molecule has 1 N–H and O–H groups in total. The van der Waals surface area contributed by atoms with Gasteiger partial charge in [0.2, 0.25) is 11.9 Å². The second kappa shape index (κ2) is 11.4. The number of ketones is 1. The molecule has 1 heterocycles. The smallest absolute Gasteiger partial charge is 0.408 e. The van der Waals surface area contributed by atoms with Gasteiger partial charge in [0, 0.05) is 0 Å². The van der Waals surface area contributed by atoms with E-state index in [0.717, 1.165) is 0 Å². The Hall–Kier alpha value is -3.27. The molecule has 35 heavy (non-hydrogen) atoms. The van der Waals surface area contributed by atoms with Crippen LogP contribution in [-0.2, 0) is 14.3 Å². The summed E-state index contributed by atoms with van der Waals surface area (Å²) in [5, 5.41) is 2.54. The molecule has 0 radical (unpaired) electrons. The van der Waals surface area contributed by atoms with Gasteiger partial charge >= 0.3 is 12.1 Å². The van der Waals surface area contributed by atoms with Crippen LogP contribution >= 0.6 is 15.9 Å². The molecule has 10 heteroatoms. The van der Waals surface area contributed by atoms with Crippen LogP contribution < -0.4 is 19.5 Å². The van der Waals surface area contributed by atoms with Gasteiger partial charge < -0.3 is 29.0 Å². The summed E-state index contributed by atoms with van der Waals surface area (Å²) >= 11 is 3.44. The number of alkyl carbamates (subject to hydrolysis) is 1. The Morgan fingerprint density at radius 1 is 1.11 bits per heavy atom. The van der Waals surface area contributed by atoms with Gasteiger partial charge in [-0.3, -0.25) is 4.79 Å². The van der Waals surface area contributed by atoms with Crippen LogP contribution in [0.1, 0.15) is 42.3 Å². The van der Waals surface area contributed by atoms with E-state index in [9.17, 15) is 14.4 Å². The average Bonchev–Trinajstić information content (AvgIpc) is 2.87. The number of nitrogens with one attached hydrogen (secondary N) is 1. The van der Waals surface area contributed by atoms with Crippen molar-refractivity contribution in [3.63, 3.8) is 0 Å². The third kappa shape index (κ3) is 5.70. The Bertz CT molecular complexity index is 1100. The van der Waals surface area contributed by atoms with Crippen LogP contribution in [0.4, 0.5) is 4.79 Å². The number of benzene rings is 2. The molecular formula is C25H28BrNO8. The van der Waals surface area contributed by atoms with Crippen molar-refractivity contribution < 1.29 is 38.1 Å². The number of amides is 1. The summed E-state index contributed by atoms with van der Waals surface area (Å²) in [6.07, 6.45) is -2.60. The van der Waals surface area contributed by atoms with Crippen LogP contribution in [-0.4, -0.2) is 51.3 Å². The molecule has 2 aromatic carbocycles. The number of Topliss-reactive ketones (excluding diaryl/α,β-unsaturated/α-hetero) is 1. The first-order valence-corrected chi connectivity index (χ1v) is 11.8. The lowest BCUT2D eigenvalue weighted by atomic mass is 9.93. The van der Waals surface area contributed by atoms with E-state index in [-0.39, 0.29) is 11.5 Å². The van der Waals surface area contributed by atoms with Gasteiger partial charge in [0.25, 0.3) is 0 Å². The topological polar surface area (TPSA) is 109 Å². The molecule has 0 aliphatic carbocycles. The molecule has 1 aliphatic heterocycles. The van der Waals surface area contributed by atoms with Gasteiger partial charge in [-0.15, -0.1) is 0 Å². The van der Waals surface area contributed by atoms with Gasteiger partial charge in [0.05, 0.1) is 31.4 Å². The summed E-state index contributed by atoms with van der Waals surface area (Å²) in [6.45, 7) is 3.69. The molecule has 0 saturated carbocycles. The van der Waals surface area contributed by atoms with Crippen molar-refractivity contribution >= 4 is 33.8 Å². The molecule has 1 unspecified atom stereocenters. The molecule has 0 aromatic heterocycles. The second-order valence-electron chi connectivity index (χ2n) is 8.02. The monoisotopic (exact) mass is 549 g/mol. The fraction of sp³-hybridized carbons (Fsp3) is 0.400. The van der Waals surface area contributed by atoms with Gasteiger partial charge in [-0.05, 0) is 57.7 Å². The second-order valence-corrected chi connectivity index (χ2v) is 8.87. The largest absolute Gasteiger partial charge is 0.497 e. The number of methoxy groups -OCH3 is 3.